The number of benzene rings is 1. The highest BCUT2D eigenvalue weighted by atomic mass is 19.1. The van der Waals surface area contributed by atoms with Crippen LogP contribution < -0.4 is 10.1 Å². The fourth-order valence-electron chi connectivity index (χ4n) is 2.78. The smallest absolute Gasteiger partial charge is 0.216 e. The molecular weight excluding hydrogens is 269 g/mol. The van der Waals surface area contributed by atoms with Crippen LogP contribution in [0.4, 0.5) is 4.39 Å². The van der Waals surface area contributed by atoms with Gasteiger partial charge in [0.05, 0.1) is 13.7 Å². The number of ether oxygens (including phenoxy) is 1. The Morgan fingerprint density at radius 1 is 1.38 bits per heavy atom. The Hall–Kier alpha value is -2.01. The summed E-state index contributed by atoms with van der Waals surface area (Å²) in [6.07, 6.45) is 4.80. The van der Waals surface area contributed by atoms with Crippen molar-refractivity contribution in [1.82, 2.24) is 15.3 Å². The van der Waals surface area contributed by atoms with E-state index in [-0.39, 0.29) is 11.9 Å². The minimum absolute atomic E-state index is 0.152. The van der Waals surface area contributed by atoms with Gasteiger partial charge in [0.2, 0.25) is 5.88 Å². The zero-order valence-electron chi connectivity index (χ0n) is 12.0. The largest absolute Gasteiger partial charge is 0.481 e. The molecule has 0 bridgehead atoms. The molecule has 0 spiro atoms. The number of nitrogens with one attached hydrogen (secondary N) is 1. The molecule has 1 heterocycles. The molecule has 3 rings (SSSR count). The van der Waals surface area contributed by atoms with Crippen LogP contribution in [0.3, 0.4) is 0 Å². The Labute approximate surface area is 123 Å². The van der Waals surface area contributed by atoms with Crippen molar-refractivity contribution in [3.63, 3.8) is 0 Å². The van der Waals surface area contributed by atoms with Gasteiger partial charge in [0.1, 0.15) is 11.6 Å². The standard InChI is InChI=1S/C16H18FN3O/c1-21-16-7-8-18-15(20-16)10-19-14-4-2-3-11-5-6-12(17)9-13(11)14/h5-9,14,19H,2-4,10H2,1H3. The Morgan fingerprint density at radius 3 is 3.14 bits per heavy atom. The molecule has 1 aliphatic carbocycles. The zero-order chi connectivity index (χ0) is 14.7. The van der Waals surface area contributed by atoms with Crippen molar-refractivity contribution in [2.75, 3.05) is 7.11 Å². The van der Waals surface area contributed by atoms with E-state index in [1.165, 1.54) is 11.6 Å². The van der Waals surface area contributed by atoms with E-state index < -0.39 is 0 Å². The second-order valence-corrected chi connectivity index (χ2v) is 5.18. The number of aromatic nitrogens is 2. The summed E-state index contributed by atoms with van der Waals surface area (Å²) in [7, 11) is 1.58. The third-order valence-electron chi connectivity index (χ3n) is 3.82. The summed E-state index contributed by atoms with van der Waals surface area (Å²) in [6, 6.07) is 6.93. The van der Waals surface area contributed by atoms with Gasteiger partial charge in [-0.15, -0.1) is 0 Å². The summed E-state index contributed by atoms with van der Waals surface area (Å²) in [4.78, 5) is 8.50. The average Bonchev–Trinajstić information content (AvgIpc) is 2.53. The van der Waals surface area contributed by atoms with E-state index in [9.17, 15) is 4.39 Å². The molecule has 0 fully saturated rings. The van der Waals surface area contributed by atoms with Crippen LogP contribution in [0, 0.1) is 5.82 Å². The van der Waals surface area contributed by atoms with E-state index in [2.05, 4.69) is 15.3 Å². The first-order chi connectivity index (χ1) is 10.3. The SMILES string of the molecule is COc1ccnc(CNC2CCCc3ccc(F)cc32)n1. The van der Waals surface area contributed by atoms with E-state index in [4.69, 9.17) is 4.74 Å². The quantitative estimate of drug-likeness (QED) is 0.939. The summed E-state index contributed by atoms with van der Waals surface area (Å²) in [6.45, 7) is 0.540. The monoisotopic (exact) mass is 287 g/mol. The van der Waals surface area contributed by atoms with Crippen LogP contribution in [0.2, 0.25) is 0 Å². The Balaban J connectivity index is 1.73. The molecule has 4 nitrogen and oxygen atoms in total. The fourth-order valence-corrected chi connectivity index (χ4v) is 2.78. The first kappa shape index (κ1) is 13.9. The van der Waals surface area contributed by atoms with Gasteiger partial charge >= 0.3 is 0 Å². The van der Waals surface area contributed by atoms with Gasteiger partial charge in [0, 0.05) is 18.3 Å². The van der Waals surface area contributed by atoms with Crippen molar-refractivity contribution < 1.29 is 9.13 Å². The molecule has 1 aliphatic rings. The van der Waals surface area contributed by atoms with Crippen LogP contribution >= 0.6 is 0 Å². The zero-order valence-corrected chi connectivity index (χ0v) is 12.0. The Kier molecular flexibility index (Phi) is 4.10. The summed E-state index contributed by atoms with van der Waals surface area (Å²) in [5.74, 6) is 1.05. The van der Waals surface area contributed by atoms with Crippen molar-refractivity contribution in [2.45, 2.75) is 31.8 Å². The number of fused-ring (bicyclic) bond motifs is 1. The van der Waals surface area contributed by atoms with Crippen LogP contribution in [-0.4, -0.2) is 17.1 Å². The fraction of sp³-hybridized carbons (Fsp3) is 0.375. The molecule has 0 saturated carbocycles. The minimum Gasteiger partial charge on any atom is -0.481 e. The number of rotatable bonds is 4. The Morgan fingerprint density at radius 2 is 2.29 bits per heavy atom. The predicted molar refractivity (Wildman–Crippen MR) is 77.5 cm³/mol. The van der Waals surface area contributed by atoms with Gasteiger partial charge in [-0.05, 0) is 42.5 Å². The Bertz CT molecular complexity index is 633. The molecule has 5 heteroatoms. The summed E-state index contributed by atoms with van der Waals surface area (Å²) < 4.78 is 18.6. The molecule has 1 N–H and O–H groups in total. The van der Waals surface area contributed by atoms with E-state index >= 15 is 0 Å². The van der Waals surface area contributed by atoms with Gasteiger partial charge in [-0.1, -0.05) is 6.07 Å². The van der Waals surface area contributed by atoms with Gasteiger partial charge in [0.25, 0.3) is 0 Å². The van der Waals surface area contributed by atoms with Crippen molar-refractivity contribution in [3.05, 3.63) is 53.2 Å². The lowest BCUT2D eigenvalue weighted by atomic mass is 9.87. The van der Waals surface area contributed by atoms with Crippen LogP contribution in [0.1, 0.15) is 35.8 Å². The second kappa shape index (κ2) is 6.18. The van der Waals surface area contributed by atoms with Crippen molar-refractivity contribution in [1.29, 1.82) is 0 Å². The summed E-state index contributed by atoms with van der Waals surface area (Å²) >= 11 is 0. The van der Waals surface area contributed by atoms with Crippen molar-refractivity contribution in [2.24, 2.45) is 0 Å². The third kappa shape index (κ3) is 3.19. The van der Waals surface area contributed by atoms with Crippen molar-refractivity contribution in [3.8, 4) is 5.88 Å². The number of methoxy groups -OCH3 is 1. The molecule has 0 aliphatic heterocycles. The maximum Gasteiger partial charge on any atom is 0.216 e. The van der Waals surface area contributed by atoms with Gasteiger partial charge in [0.15, 0.2) is 0 Å². The lowest BCUT2D eigenvalue weighted by molar-refractivity contribution is 0.391. The first-order valence-corrected chi connectivity index (χ1v) is 7.14. The van der Waals surface area contributed by atoms with Crippen LogP contribution in [0.25, 0.3) is 0 Å². The number of hydrogen-bond donors (Lipinski definition) is 1. The first-order valence-electron chi connectivity index (χ1n) is 7.14. The van der Waals surface area contributed by atoms with Crippen molar-refractivity contribution >= 4 is 0 Å². The van der Waals surface area contributed by atoms with E-state index in [0.717, 1.165) is 24.8 Å². The average molecular weight is 287 g/mol. The van der Waals surface area contributed by atoms with Gasteiger partial charge in [-0.25, -0.2) is 9.37 Å². The molecule has 2 aromatic rings. The number of halogens is 1. The molecule has 1 aromatic carbocycles. The molecule has 1 aromatic heterocycles. The molecule has 0 amide bonds. The highest BCUT2D eigenvalue weighted by Gasteiger charge is 2.20. The summed E-state index contributed by atoms with van der Waals surface area (Å²) in [5.41, 5.74) is 2.29. The maximum atomic E-state index is 13.5. The number of nitrogens with zero attached hydrogens (tertiary/aromatic N) is 2. The maximum absolute atomic E-state index is 13.5. The van der Waals surface area contributed by atoms with Gasteiger partial charge < -0.3 is 10.1 Å². The third-order valence-corrected chi connectivity index (χ3v) is 3.82. The number of aryl methyl sites for hydroxylation is 1. The van der Waals surface area contributed by atoms with E-state index in [1.54, 1.807) is 25.4 Å². The topological polar surface area (TPSA) is 47.0 Å². The van der Waals surface area contributed by atoms with Gasteiger partial charge in [-0.2, -0.15) is 4.98 Å². The second-order valence-electron chi connectivity index (χ2n) is 5.18. The highest BCUT2D eigenvalue weighted by Crippen LogP contribution is 2.30. The minimum atomic E-state index is -0.180. The predicted octanol–water partition coefficient (Wildman–Crippen LogP) is 2.79. The normalized spacial score (nSPS) is 17.3. The summed E-state index contributed by atoms with van der Waals surface area (Å²) in [5, 5.41) is 3.43. The lowest BCUT2D eigenvalue weighted by Crippen LogP contribution is -2.25. The lowest BCUT2D eigenvalue weighted by Gasteiger charge is -2.26. The molecular formula is C16H18FN3O. The van der Waals surface area contributed by atoms with Crippen LogP contribution in [0.15, 0.2) is 30.5 Å². The molecule has 0 radical (unpaired) electrons. The molecule has 21 heavy (non-hydrogen) atoms. The van der Waals surface area contributed by atoms with Crippen LogP contribution in [-0.2, 0) is 13.0 Å². The molecule has 110 valence electrons. The van der Waals surface area contributed by atoms with E-state index in [1.807, 2.05) is 6.07 Å². The molecule has 1 unspecified atom stereocenters. The molecule has 1 atom stereocenters. The van der Waals surface area contributed by atoms with Crippen LogP contribution in [0.5, 0.6) is 5.88 Å². The van der Waals surface area contributed by atoms with E-state index in [0.29, 0.717) is 18.2 Å². The van der Waals surface area contributed by atoms with Gasteiger partial charge in [-0.3, -0.25) is 0 Å². The molecule has 0 saturated heterocycles. The highest BCUT2D eigenvalue weighted by molar-refractivity contribution is 5.32. The number of hydrogen-bond acceptors (Lipinski definition) is 4.